The Morgan fingerprint density at radius 2 is 2.25 bits per heavy atom. The second kappa shape index (κ2) is 8.05. The van der Waals surface area contributed by atoms with Crippen molar-refractivity contribution in [3.63, 3.8) is 0 Å². The maximum Gasteiger partial charge on any atom is 0.123 e. The van der Waals surface area contributed by atoms with E-state index in [9.17, 15) is 0 Å². The van der Waals surface area contributed by atoms with Crippen LogP contribution in [0.5, 0.6) is 0 Å². The topological polar surface area (TPSA) is 47.0 Å². The largest absolute Gasteiger partial charge is 0.377 e. The first-order chi connectivity index (χ1) is 9.70. The summed E-state index contributed by atoms with van der Waals surface area (Å²) in [5.74, 6) is 1.20. The number of hydrogen-bond acceptors (Lipinski definition) is 5. The molecule has 20 heavy (non-hydrogen) atoms. The van der Waals surface area contributed by atoms with Crippen molar-refractivity contribution in [2.75, 3.05) is 19.7 Å². The molecule has 2 heterocycles. The number of ether oxygens (including phenoxy) is 1. The van der Waals surface area contributed by atoms with E-state index in [1.807, 2.05) is 0 Å². The normalized spacial score (nSPS) is 22.8. The average Bonchev–Trinajstić information content (AvgIpc) is 3.05. The molecule has 0 aromatic carbocycles. The monoisotopic (exact) mass is 297 g/mol. The minimum absolute atomic E-state index is 0.350. The second-order valence-electron chi connectivity index (χ2n) is 5.95. The lowest BCUT2D eigenvalue weighted by Crippen LogP contribution is -2.21. The number of aryl methyl sites for hydroxylation is 1. The van der Waals surface area contributed by atoms with Crippen LogP contribution in [0.3, 0.4) is 0 Å². The molecule has 2 unspecified atom stereocenters. The van der Waals surface area contributed by atoms with Crippen molar-refractivity contribution < 1.29 is 4.74 Å². The minimum atomic E-state index is 0.350. The van der Waals surface area contributed by atoms with E-state index in [0.29, 0.717) is 12.0 Å². The molecule has 1 fully saturated rings. The van der Waals surface area contributed by atoms with Crippen molar-refractivity contribution in [1.29, 1.82) is 0 Å². The van der Waals surface area contributed by atoms with Gasteiger partial charge in [0.1, 0.15) is 10.0 Å². The molecule has 0 bridgehead atoms. The van der Waals surface area contributed by atoms with Crippen LogP contribution in [0.15, 0.2) is 0 Å². The first kappa shape index (κ1) is 15.9. The Bertz CT molecular complexity index is 394. The van der Waals surface area contributed by atoms with Crippen LogP contribution in [-0.4, -0.2) is 36.0 Å². The summed E-state index contributed by atoms with van der Waals surface area (Å²) >= 11 is 1.78. The van der Waals surface area contributed by atoms with Crippen LogP contribution >= 0.6 is 11.3 Å². The van der Waals surface area contributed by atoms with E-state index in [1.54, 1.807) is 11.3 Å². The summed E-state index contributed by atoms with van der Waals surface area (Å²) in [5, 5.41) is 14.6. The summed E-state index contributed by atoms with van der Waals surface area (Å²) in [6.45, 7) is 9.69. The smallest absolute Gasteiger partial charge is 0.123 e. The van der Waals surface area contributed by atoms with Crippen LogP contribution in [0.25, 0.3) is 0 Å². The molecule has 0 saturated carbocycles. The molecule has 1 aliphatic heterocycles. The van der Waals surface area contributed by atoms with E-state index in [2.05, 4.69) is 36.3 Å². The van der Waals surface area contributed by atoms with Crippen LogP contribution in [-0.2, 0) is 11.2 Å². The zero-order valence-electron chi connectivity index (χ0n) is 12.9. The van der Waals surface area contributed by atoms with Crippen molar-refractivity contribution in [1.82, 2.24) is 15.5 Å². The number of rotatable bonds is 8. The maximum absolute atomic E-state index is 5.74. The first-order valence-corrected chi connectivity index (χ1v) is 8.67. The number of nitrogens with one attached hydrogen (secondary N) is 1. The highest BCUT2D eigenvalue weighted by molar-refractivity contribution is 7.11. The highest BCUT2D eigenvalue weighted by atomic mass is 32.1. The predicted octanol–water partition coefficient (Wildman–Crippen LogP) is 3.00. The predicted molar refractivity (Wildman–Crippen MR) is 83.3 cm³/mol. The molecule has 0 radical (unpaired) electrons. The fourth-order valence-electron chi connectivity index (χ4n) is 2.61. The van der Waals surface area contributed by atoms with E-state index >= 15 is 0 Å². The van der Waals surface area contributed by atoms with Crippen molar-refractivity contribution in [2.45, 2.75) is 58.5 Å². The molecule has 0 amide bonds. The maximum atomic E-state index is 5.74. The van der Waals surface area contributed by atoms with Crippen LogP contribution < -0.4 is 5.32 Å². The molecule has 1 aromatic rings. The molecule has 2 atom stereocenters. The summed E-state index contributed by atoms with van der Waals surface area (Å²) in [5.41, 5.74) is 0. The molecular formula is C15H27N3OS. The molecular weight excluding hydrogens is 270 g/mol. The second-order valence-corrected chi connectivity index (χ2v) is 7.04. The fourth-order valence-corrected chi connectivity index (χ4v) is 3.68. The lowest BCUT2D eigenvalue weighted by atomic mass is 10.0. The zero-order valence-corrected chi connectivity index (χ0v) is 13.7. The van der Waals surface area contributed by atoms with Crippen LogP contribution in [0.4, 0.5) is 0 Å². The summed E-state index contributed by atoms with van der Waals surface area (Å²) < 4.78 is 5.74. The number of nitrogens with zero attached hydrogens (tertiary/aromatic N) is 2. The molecule has 114 valence electrons. The Morgan fingerprint density at radius 1 is 1.40 bits per heavy atom. The molecule has 1 aromatic heterocycles. The van der Waals surface area contributed by atoms with Crippen molar-refractivity contribution in [3.05, 3.63) is 10.0 Å². The number of aromatic nitrogens is 2. The van der Waals surface area contributed by atoms with E-state index in [1.165, 1.54) is 10.0 Å². The van der Waals surface area contributed by atoms with E-state index in [-0.39, 0.29) is 0 Å². The molecule has 1 aliphatic rings. The molecule has 4 nitrogen and oxygen atoms in total. The molecule has 5 heteroatoms. The van der Waals surface area contributed by atoms with E-state index in [4.69, 9.17) is 4.74 Å². The van der Waals surface area contributed by atoms with Gasteiger partial charge >= 0.3 is 0 Å². The highest BCUT2D eigenvalue weighted by Crippen LogP contribution is 2.34. The van der Waals surface area contributed by atoms with Gasteiger partial charge < -0.3 is 10.1 Å². The lowest BCUT2D eigenvalue weighted by Gasteiger charge is -2.12. The van der Waals surface area contributed by atoms with Gasteiger partial charge in [0.15, 0.2) is 0 Å². The molecule has 0 spiro atoms. The SMILES string of the molecule is CCC1OCCC1c1nnc(CCCNCC(C)C)s1. The Morgan fingerprint density at radius 3 is 3.00 bits per heavy atom. The van der Waals surface area contributed by atoms with Gasteiger partial charge in [-0.2, -0.15) is 0 Å². The van der Waals surface area contributed by atoms with Gasteiger partial charge in [0.05, 0.1) is 6.10 Å². The Kier molecular flexibility index (Phi) is 6.39. The fraction of sp³-hybridized carbons (Fsp3) is 0.867. The summed E-state index contributed by atoms with van der Waals surface area (Å²) in [7, 11) is 0. The van der Waals surface area contributed by atoms with Gasteiger partial charge in [0, 0.05) is 18.9 Å². The van der Waals surface area contributed by atoms with Gasteiger partial charge in [-0.1, -0.05) is 20.8 Å². The van der Waals surface area contributed by atoms with Crippen LogP contribution in [0.2, 0.25) is 0 Å². The Balaban J connectivity index is 1.75. The highest BCUT2D eigenvalue weighted by Gasteiger charge is 2.30. The zero-order chi connectivity index (χ0) is 14.4. The Labute approximate surface area is 126 Å². The lowest BCUT2D eigenvalue weighted by molar-refractivity contribution is 0.100. The molecule has 2 rings (SSSR count). The third-order valence-electron chi connectivity index (χ3n) is 3.71. The first-order valence-electron chi connectivity index (χ1n) is 7.85. The van der Waals surface area contributed by atoms with Gasteiger partial charge in [-0.25, -0.2) is 0 Å². The van der Waals surface area contributed by atoms with Gasteiger partial charge in [-0.15, -0.1) is 21.5 Å². The van der Waals surface area contributed by atoms with Gasteiger partial charge in [0.2, 0.25) is 0 Å². The minimum Gasteiger partial charge on any atom is -0.377 e. The quantitative estimate of drug-likeness (QED) is 0.749. The van der Waals surface area contributed by atoms with Crippen LogP contribution in [0, 0.1) is 5.92 Å². The standard InChI is InChI=1S/C15H27N3OS/c1-4-13-12(7-9-19-13)15-18-17-14(20-15)6-5-8-16-10-11(2)3/h11-13,16H,4-10H2,1-3H3. The van der Waals surface area contributed by atoms with Crippen molar-refractivity contribution in [2.24, 2.45) is 5.92 Å². The van der Waals surface area contributed by atoms with Gasteiger partial charge in [0.25, 0.3) is 0 Å². The molecule has 1 N–H and O–H groups in total. The molecule has 0 aliphatic carbocycles. The van der Waals surface area contributed by atoms with Gasteiger partial charge in [-0.05, 0) is 38.3 Å². The van der Waals surface area contributed by atoms with Crippen molar-refractivity contribution in [3.8, 4) is 0 Å². The van der Waals surface area contributed by atoms with Crippen LogP contribution in [0.1, 0.15) is 56.0 Å². The summed E-state index contributed by atoms with van der Waals surface area (Å²) in [4.78, 5) is 0. The van der Waals surface area contributed by atoms with E-state index < -0.39 is 0 Å². The Hall–Kier alpha value is -0.520. The summed E-state index contributed by atoms with van der Waals surface area (Å²) in [6.07, 6.45) is 4.69. The van der Waals surface area contributed by atoms with Gasteiger partial charge in [-0.3, -0.25) is 0 Å². The third-order valence-corrected chi connectivity index (χ3v) is 4.82. The number of hydrogen-bond donors (Lipinski definition) is 1. The third kappa shape index (κ3) is 4.50. The summed E-state index contributed by atoms with van der Waals surface area (Å²) in [6, 6.07) is 0. The van der Waals surface area contributed by atoms with Crippen molar-refractivity contribution >= 4 is 11.3 Å². The average molecular weight is 297 g/mol. The van der Waals surface area contributed by atoms with E-state index in [0.717, 1.165) is 51.3 Å². The molecule has 1 saturated heterocycles.